The average molecular weight is 535 g/mol. The highest BCUT2D eigenvalue weighted by molar-refractivity contribution is 5.85. The van der Waals surface area contributed by atoms with Crippen LogP contribution in [0.3, 0.4) is 0 Å². The van der Waals surface area contributed by atoms with Crippen LogP contribution in [0.1, 0.15) is 59.8 Å². The zero-order valence-corrected chi connectivity index (χ0v) is 23.4. The SMILES string of the molecule is CO[C@@H]1C(=O)CC[C@]2(CO2)[C@H]1[C@@](C)(O)/C=C/C=O.CO[C@@H]1C(=O)CC[C@]2(CO2)[C@H]1[C@@]1(C)O[C@@H]1CC=C(C)C. The molecule has 0 unspecified atom stereocenters. The highest BCUT2D eigenvalue weighted by Crippen LogP contribution is 2.58. The molecule has 3 aliphatic heterocycles. The standard InChI is InChI=1S/C16H24O4.C13H18O5/c1-10(2)5-6-12-15(3,20-12)14-13(18-4)11(17)7-8-16(14)9-19-16;1-12(16,5-3-7-14)11-10(17-2)9(15)4-6-13(11)8-18-13/h5,12-14H,6-9H2,1-4H3;3,5,7,10-11,16H,4,6,8H2,1-2H3/b;5-3+/t12-,13-,14-,15+,16+;10-,11-,12+,13+/m11/s1. The molecule has 0 amide bonds. The lowest BCUT2D eigenvalue weighted by atomic mass is 9.68. The largest absolute Gasteiger partial charge is 0.386 e. The number of ketones is 2. The molecule has 3 saturated heterocycles. The van der Waals surface area contributed by atoms with Crippen molar-refractivity contribution in [2.45, 2.75) is 101 Å². The van der Waals surface area contributed by atoms with Crippen molar-refractivity contribution in [3.63, 3.8) is 0 Å². The monoisotopic (exact) mass is 534 g/mol. The van der Waals surface area contributed by atoms with Crippen molar-refractivity contribution in [2.24, 2.45) is 11.8 Å². The molecule has 1 N–H and O–H groups in total. The first kappa shape index (κ1) is 29.2. The molecule has 2 saturated carbocycles. The lowest BCUT2D eigenvalue weighted by Gasteiger charge is -2.41. The number of allylic oxidation sites excluding steroid dienone is 2. The molecule has 0 aromatic heterocycles. The number of methoxy groups -OCH3 is 2. The highest BCUT2D eigenvalue weighted by atomic mass is 16.6. The van der Waals surface area contributed by atoms with Crippen LogP contribution in [0, 0.1) is 11.8 Å². The van der Waals surface area contributed by atoms with Crippen molar-refractivity contribution >= 4 is 17.9 Å². The molecule has 2 spiro atoms. The maximum absolute atomic E-state index is 12.2. The number of carbonyl (C=O) groups excluding carboxylic acids is 3. The molecule has 2 aliphatic carbocycles. The molecule has 9 heteroatoms. The molecule has 9 nitrogen and oxygen atoms in total. The smallest absolute Gasteiger partial charge is 0.162 e. The van der Waals surface area contributed by atoms with Crippen LogP contribution in [0.25, 0.3) is 0 Å². The van der Waals surface area contributed by atoms with Crippen LogP contribution in [-0.4, -0.2) is 91.1 Å². The molecular weight excluding hydrogens is 492 g/mol. The number of hydrogen-bond donors (Lipinski definition) is 1. The van der Waals surface area contributed by atoms with E-state index in [0.29, 0.717) is 32.2 Å². The van der Waals surface area contributed by atoms with E-state index >= 15 is 0 Å². The second kappa shape index (κ2) is 10.7. The molecule has 9 atom stereocenters. The zero-order chi connectivity index (χ0) is 27.9. The minimum atomic E-state index is -1.31. The van der Waals surface area contributed by atoms with E-state index in [0.717, 1.165) is 19.4 Å². The number of Topliss-reactive ketones (excluding diaryl/α,β-unsaturated/α-hetero) is 2. The molecule has 38 heavy (non-hydrogen) atoms. The molecule has 0 bridgehead atoms. The fraction of sp³-hybridized carbons (Fsp3) is 0.759. The number of aldehydes is 1. The Morgan fingerprint density at radius 3 is 2.11 bits per heavy atom. The van der Waals surface area contributed by atoms with Crippen molar-refractivity contribution in [3.05, 3.63) is 23.8 Å². The van der Waals surface area contributed by atoms with Gasteiger partial charge in [0.2, 0.25) is 0 Å². The third kappa shape index (κ3) is 5.46. The van der Waals surface area contributed by atoms with Gasteiger partial charge in [-0.3, -0.25) is 14.4 Å². The van der Waals surface area contributed by atoms with Gasteiger partial charge in [-0.05, 0) is 59.1 Å². The van der Waals surface area contributed by atoms with Crippen LogP contribution in [0.2, 0.25) is 0 Å². The summed E-state index contributed by atoms with van der Waals surface area (Å²) in [6.07, 6.45) is 7.81. The Hall–Kier alpha value is -1.75. The number of hydrogen-bond acceptors (Lipinski definition) is 9. The Labute approximate surface area is 224 Å². The van der Waals surface area contributed by atoms with Crippen molar-refractivity contribution in [1.29, 1.82) is 0 Å². The Morgan fingerprint density at radius 1 is 1.05 bits per heavy atom. The van der Waals surface area contributed by atoms with Gasteiger partial charge in [-0.2, -0.15) is 0 Å². The van der Waals surface area contributed by atoms with Gasteiger partial charge in [0, 0.05) is 27.1 Å². The summed E-state index contributed by atoms with van der Waals surface area (Å²) in [4.78, 5) is 34.4. The van der Waals surface area contributed by atoms with Crippen LogP contribution < -0.4 is 0 Å². The first-order valence-corrected chi connectivity index (χ1v) is 13.5. The minimum absolute atomic E-state index is 0.0246. The molecule has 3 heterocycles. The Bertz CT molecular complexity index is 986. The Balaban J connectivity index is 0.000000178. The quantitative estimate of drug-likeness (QED) is 0.216. The fourth-order valence-corrected chi connectivity index (χ4v) is 6.73. The van der Waals surface area contributed by atoms with E-state index in [1.165, 1.54) is 24.8 Å². The van der Waals surface area contributed by atoms with Gasteiger partial charge in [-0.1, -0.05) is 11.6 Å². The maximum Gasteiger partial charge on any atom is 0.162 e. The van der Waals surface area contributed by atoms with E-state index in [1.807, 2.05) is 0 Å². The summed E-state index contributed by atoms with van der Waals surface area (Å²) in [5.41, 5.74) is -0.967. The number of epoxide rings is 3. The van der Waals surface area contributed by atoms with Gasteiger partial charge in [0.15, 0.2) is 11.6 Å². The molecule has 5 fully saturated rings. The second-order valence-electron chi connectivity index (χ2n) is 11.9. The van der Waals surface area contributed by atoms with Crippen LogP contribution >= 0.6 is 0 Å². The normalized spacial score (nSPS) is 42.9. The lowest BCUT2D eigenvalue weighted by Crippen LogP contribution is -2.56. The first-order chi connectivity index (χ1) is 17.9. The van der Waals surface area contributed by atoms with E-state index in [2.05, 4.69) is 26.8 Å². The minimum Gasteiger partial charge on any atom is -0.386 e. The van der Waals surface area contributed by atoms with Crippen molar-refractivity contribution in [2.75, 3.05) is 27.4 Å². The van der Waals surface area contributed by atoms with Gasteiger partial charge < -0.3 is 28.8 Å². The molecular formula is C29H42O9. The van der Waals surface area contributed by atoms with Gasteiger partial charge in [-0.25, -0.2) is 0 Å². The number of aliphatic hydroxyl groups is 1. The molecule has 0 radical (unpaired) electrons. The van der Waals surface area contributed by atoms with E-state index in [4.69, 9.17) is 23.7 Å². The average Bonchev–Trinajstić information content (AvgIpc) is 3.80. The third-order valence-corrected chi connectivity index (χ3v) is 8.98. The van der Waals surface area contributed by atoms with E-state index in [-0.39, 0.29) is 40.9 Å². The van der Waals surface area contributed by atoms with Crippen LogP contribution in [-0.2, 0) is 38.1 Å². The predicted molar refractivity (Wildman–Crippen MR) is 138 cm³/mol. The first-order valence-electron chi connectivity index (χ1n) is 13.5. The lowest BCUT2D eigenvalue weighted by molar-refractivity contribution is -0.150. The molecule has 212 valence electrons. The van der Waals surface area contributed by atoms with E-state index in [9.17, 15) is 19.5 Å². The Morgan fingerprint density at radius 2 is 1.61 bits per heavy atom. The summed E-state index contributed by atoms with van der Waals surface area (Å²) in [6.45, 7) is 9.12. The van der Waals surface area contributed by atoms with Crippen molar-refractivity contribution < 1.29 is 43.2 Å². The van der Waals surface area contributed by atoms with E-state index in [1.54, 1.807) is 14.0 Å². The molecule has 5 rings (SSSR count). The van der Waals surface area contributed by atoms with Gasteiger partial charge in [0.1, 0.15) is 35.3 Å². The van der Waals surface area contributed by atoms with Crippen LogP contribution in [0.4, 0.5) is 0 Å². The summed E-state index contributed by atoms with van der Waals surface area (Å²) in [7, 11) is 3.07. The van der Waals surface area contributed by atoms with Gasteiger partial charge in [0.25, 0.3) is 0 Å². The van der Waals surface area contributed by atoms with Crippen LogP contribution in [0.15, 0.2) is 23.8 Å². The highest BCUT2D eigenvalue weighted by Gasteiger charge is 2.72. The number of ether oxygens (including phenoxy) is 5. The summed E-state index contributed by atoms with van der Waals surface area (Å²) in [5, 5.41) is 10.5. The third-order valence-electron chi connectivity index (χ3n) is 8.98. The summed E-state index contributed by atoms with van der Waals surface area (Å²) < 4.78 is 28.0. The van der Waals surface area contributed by atoms with Gasteiger partial charge in [0.05, 0.1) is 36.8 Å². The van der Waals surface area contributed by atoms with Gasteiger partial charge >= 0.3 is 0 Å². The van der Waals surface area contributed by atoms with Gasteiger partial charge in [-0.15, -0.1) is 0 Å². The molecule has 0 aromatic carbocycles. The number of rotatable bonds is 8. The maximum atomic E-state index is 12.2. The van der Waals surface area contributed by atoms with Crippen molar-refractivity contribution in [3.8, 4) is 0 Å². The van der Waals surface area contributed by atoms with E-state index < -0.39 is 23.2 Å². The Kier molecular flexibility index (Phi) is 8.21. The molecule has 5 aliphatic rings. The predicted octanol–water partition coefficient (Wildman–Crippen LogP) is 2.52. The summed E-state index contributed by atoms with van der Waals surface area (Å²) in [6, 6.07) is 0. The second-order valence-corrected chi connectivity index (χ2v) is 11.9. The topological polar surface area (TPSA) is 127 Å². The van der Waals surface area contributed by atoms with Crippen LogP contribution in [0.5, 0.6) is 0 Å². The summed E-state index contributed by atoms with van der Waals surface area (Å²) in [5.74, 6) is -0.288. The fourth-order valence-electron chi connectivity index (χ4n) is 6.73. The summed E-state index contributed by atoms with van der Waals surface area (Å²) >= 11 is 0. The molecule has 0 aromatic rings. The zero-order valence-electron chi connectivity index (χ0n) is 23.4. The van der Waals surface area contributed by atoms with Crippen molar-refractivity contribution in [1.82, 2.24) is 0 Å². The number of carbonyl (C=O) groups is 3.